The minimum Gasteiger partial charge on any atom is -0.220 e. The van der Waals surface area contributed by atoms with Crippen LogP contribution in [-0.4, -0.2) is 46.2 Å². The van der Waals surface area contributed by atoms with E-state index in [1.807, 2.05) is 31.3 Å². The van der Waals surface area contributed by atoms with Crippen LogP contribution in [0.3, 0.4) is 0 Å². The molecule has 2 aromatic heterocycles. The number of fused-ring (bicyclic) bond motifs is 1. The summed E-state index contributed by atoms with van der Waals surface area (Å²) >= 11 is 0. The van der Waals surface area contributed by atoms with Gasteiger partial charge in [0.05, 0.1) is 5.75 Å². The molecule has 148 valence electrons. The highest BCUT2D eigenvalue weighted by Gasteiger charge is 2.31. The van der Waals surface area contributed by atoms with Gasteiger partial charge in [-0.15, -0.1) is 0 Å². The predicted octanol–water partition coefficient (Wildman–Crippen LogP) is 3.45. The van der Waals surface area contributed by atoms with Crippen molar-refractivity contribution < 1.29 is 12.8 Å². The number of sulfonamides is 1. The zero-order chi connectivity index (χ0) is 19.7. The molecular weight excluding hydrogens is 379 g/mol. The Balaban J connectivity index is 1.61. The Morgan fingerprint density at radius 1 is 1.21 bits per heavy atom. The predicted molar refractivity (Wildman–Crippen MR) is 106 cm³/mol. The Morgan fingerprint density at radius 2 is 2.07 bits per heavy atom. The molecule has 0 bridgehead atoms. The fourth-order valence-corrected chi connectivity index (χ4v) is 5.29. The van der Waals surface area contributed by atoms with Gasteiger partial charge in [0.2, 0.25) is 10.0 Å². The smallest absolute Gasteiger partial charge is 0.214 e. The van der Waals surface area contributed by atoms with E-state index in [-0.39, 0.29) is 17.5 Å². The number of benzene rings is 1. The molecule has 1 fully saturated rings. The van der Waals surface area contributed by atoms with Crippen molar-refractivity contribution in [2.24, 2.45) is 0 Å². The number of hydrogen-bond acceptors (Lipinski definition) is 4. The van der Waals surface area contributed by atoms with Gasteiger partial charge in [-0.25, -0.2) is 26.6 Å². The second-order valence-electron chi connectivity index (χ2n) is 7.21. The van der Waals surface area contributed by atoms with Gasteiger partial charge in [-0.2, -0.15) is 5.10 Å². The third kappa shape index (κ3) is 3.79. The zero-order valence-electron chi connectivity index (χ0n) is 15.8. The molecule has 0 N–H and O–H groups in total. The van der Waals surface area contributed by atoms with E-state index in [0.29, 0.717) is 31.0 Å². The van der Waals surface area contributed by atoms with Gasteiger partial charge in [0.1, 0.15) is 5.82 Å². The number of rotatable bonds is 5. The van der Waals surface area contributed by atoms with E-state index in [4.69, 9.17) is 0 Å². The molecule has 0 aliphatic carbocycles. The van der Waals surface area contributed by atoms with Crippen molar-refractivity contribution in [3.8, 4) is 11.1 Å². The van der Waals surface area contributed by atoms with Gasteiger partial charge in [-0.1, -0.05) is 19.1 Å². The maximum absolute atomic E-state index is 13.5. The summed E-state index contributed by atoms with van der Waals surface area (Å²) < 4.78 is 41.6. The molecule has 28 heavy (non-hydrogen) atoms. The molecule has 0 saturated carbocycles. The number of hydrogen-bond donors (Lipinski definition) is 0. The highest BCUT2D eigenvalue weighted by Crippen LogP contribution is 2.28. The Labute approximate surface area is 164 Å². The second-order valence-corrected chi connectivity index (χ2v) is 9.30. The Morgan fingerprint density at radius 3 is 2.86 bits per heavy atom. The molecule has 1 atom stereocenters. The minimum absolute atomic E-state index is 0.0158. The van der Waals surface area contributed by atoms with Crippen LogP contribution in [0.1, 0.15) is 37.9 Å². The summed E-state index contributed by atoms with van der Waals surface area (Å²) in [5.74, 6) is 0.535. The topological polar surface area (TPSA) is 67.6 Å². The van der Waals surface area contributed by atoms with Gasteiger partial charge in [-0.3, -0.25) is 0 Å². The van der Waals surface area contributed by atoms with Crippen molar-refractivity contribution in [2.45, 2.75) is 32.1 Å². The first-order chi connectivity index (χ1) is 13.5. The Kier molecular flexibility index (Phi) is 5.16. The van der Waals surface area contributed by atoms with Gasteiger partial charge in [-0.05, 0) is 49.1 Å². The average molecular weight is 402 g/mol. The van der Waals surface area contributed by atoms with Crippen LogP contribution in [-0.2, 0) is 10.0 Å². The number of halogens is 1. The van der Waals surface area contributed by atoms with Crippen molar-refractivity contribution in [2.75, 3.05) is 18.8 Å². The second kappa shape index (κ2) is 7.60. The summed E-state index contributed by atoms with van der Waals surface area (Å²) in [6, 6.07) is 10.2. The van der Waals surface area contributed by atoms with Crippen LogP contribution < -0.4 is 0 Å². The Hall–Kier alpha value is -2.32. The molecule has 3 aromatic rings. The number of nitrogens with zero attached hydrogens (tertiary/aromatic N) is 4. The van der Waals surface area contributed by atoms with Crippen LogP contribution >= 0.6 is 0 Å². The summed E-state index contributed by atoms with van der Waals surface area (Å²) in [7, 11) is -3.22. The van der Waals surface area contributed by atoms with E-state index in [0.717, 1.165) is 24.0 Å². The van der Waals surface area contributed by atoms with Crippen LogP contribution in [0.15, 0.2) is 42.6 Å². The van der Waals surface area contributed by atoms with E-state index in [2.05, 4.69) is 10.1 Å². The molecule has 1 saturated heterocycles. The lowest BCUT2D eigenvalue weighted by atomic mass is 9.99. The zero-order valence-corrected chi connectivity index (χ0v) is 16.6. The van der Waals surface area contributed by atoms with E-state index < -0.39 is 10.0 Å². The van der Waals surface area contributed by atoms with Crippen LogP contribution in [0, 0.1) is 5.82 Å². The highest BCUT2D eigenvalue weighted by molar-refractivity contribution is 7.89. The van der Waals surface area contributed by atoms with Crippen molar-refractivity contribution in [1.29, 1.82) is 0 Å². The standard InChI is InChI=1S/C20H23FN4O2S/c1-2-11-28(26,27)24-10-4-6-17(13-24)20-22-19-9-8-16(14-25(19)23-20)15-5-3-7-18(21)12-15/h3,5,7-9,12,14,17H,2,4,6,10-11,13H2,1H3. The molecule has 8 heteroatoms. The van der Waals surface area contributed by atoms with Crippen molar-refractivity contribution in [3.05, 3.63) is 54.2 Å². The highest BCUT2D eigenvalue weighted by atomic mass is 32.2. The first-order valence-electron chi connectivity index (χ1n) is 9.56. The van der Waals surface area contributed by atoms with E-state index >= 15 is 0 Å². The normalized spacial score (nSPS) is 18.6. The SMILES string of the molecule is CCCS(=O)(=O)N1CCCC(c2nc3ccc(-c4cccc(F)c4)cn3n2)C1. The van der Waals surface area contributed by atoms with Gasteiger partial charge in [0.25, 0.3) is 0 Å². The third-order valence-electron chi connectivity index (χ3n) is 5.11. The van der Waals surface area contributed by atoms with Crippen LogP contribution in [0.25, 0.3) is 16.8 Å². The first-order valence-corrected chi connectivity index (χ1v) is 11.2. The summed E-state index contributed by atoms with van der Waals surface area (Å²) in [4.78, 5) is 4.61. The first kappa shape index (κ1) is 19.0. The van der Waals surface area contributed by atoms with Gasteiger partial charge < -0.3 is 0 Å². The lowest BCUT2D eigenvalue weighted by Gasteiger charge is -2.30. The molecular formula is C20H23FN4O2S. The van der Waals surface area contributed by atoms with Gasteiger partial charge in [0, 0.05) is 30.8 Å². The van der Waals surface area contributed by atoms with Gasteiger partial charge >= 0.3 is 0 Å². The van der Waals surface area contributed by atoms with E-state index in [1.165, 1.54) is 12.1 Å². The van der Waals surface area contributed by atoms with Gasteiger partial charge in [0.15, 0.2) is 11.5 Å². The molecule has 4 rings (SSSR count). The molecule has 0 radical (unpaired) electrons. The monoisotopic (exact) mass is 402 g/mol. The summed E-state index contributed by atoms with van der Waals surface area (Å²) in [6.07, 6.45) is 4.11. The van der Waals surface area contributed by atoms with Crippen molar-refractivity contribution in [3.63, 3.8) is 0 Å². The van der Waals surface area contributed by atoms with Crippen molar-refractivity contribution >= 4 is 15.7 Å². The van der Waals surface area contributed by atoms with Crippen LogP contribution in [0.5, 0.6) is 0 Å². The molecule has 1 aromatic carbocycles. The average Bonchev–Trinajstić information content (AvgIpc) is 3.11. The summed E-state index contributed by atoms with van der Waals surface area (Å²) in [5.41, 5.74) is 2.32. The summed E-state index contributed by atoms with van der Waals surface area (Å²) in [6.45, 7) is 2.87. The number of piperidine rings is 1. The number of pyridine rings is 1. The van der Waals surface area contributed by atoms with E-state index in [1.54, 1.807) is 14.9 Å². The molecule has 1 aliphatic rings. The van der Waals surface area contributed by atoms with Crippen LogP contribution in [0.4, 0.5) is 4.39 Å². The van der Waals surface area contributed by atoms with Crippen molar-refractivity contribution in [1.82, 2.24) is 18.9 Å². The third-order valence-corrected chi connectivity index (χ3v) is 7.15. The summed E-state index contributed by atoms with van der Waals surface area (Å²) in [5, 5.41) is 4.60. The molecule has 6 nitrogen and oxygen atoms in total. The maximum atomic E-state index is 13.5. The quantitative estimate of drug-likeness (QED) is 0.656. The minimum atomic E-state index is -3.22. The lowest BCUT2D eigenvalue weighted by molar-refractivity contribution is 0.309. The lowest BCUT2D eigenvalue weighted by Crippen LogP contribution is -2.40. The molecule has 1 aliphatic heterocycles. The maximum Gasteiger partial charge on any atom is 0.214 e. The number of aromatic nitrogens is 3. The molecule has 1 unspecified atom stereocenters. The Bertz CT molecular complexity index is 1100. The molecule has 0 spiro atoms. The molecule has 3 heterocycles. The molecule has 0 amide bonds. The van der Waals surface area contributed by atoms with Crippen LogP contribution in [0.2, 0.25) is 0 Å². The van der Waals surface area contributed by atoms with E-state index in [9.17, 15) is 12.8 Å². The largest absolute Gasteiger partial charge is 0.220 e. The fraction of sp³-hybridized carbons (Fsp3) is 0.400. The fourth-order valence-electron chi connectivity index (χ4n) is 3.70.